The Balaban J connectivity index is 2.29. The average Bonchev–Trinajstić information content (AvgIpc) is 2.29. The number of hydrogen-bond donors (Lipinski definition) is 3. The number of nitrogens with zero attached hydrogens (tertiary/aromatic N) is 1. The number of hydrogen-bond acceptors (Lipinski definition) is 4. The summed E-state index contributed by atoms with van der Waals surface area (Å²) in [6, 6.07) is 3.22. The van der Waals surface area contributed by atoms with Crippen LogP contribution < -0.4 is 10.6 Å². The third-order valence-corrected chi connectivity index (χ3v) is 2.10. The fourth-order valence-corrected chi connectivity index (χ4v) is 1.23. The second kappa shape index (κ2) is 6.79. The van der Waals surface area contributed by atoms with Gasteiger partial charge in [-0.1, -0.05) is 6.92 Å². The van der Waals surface area contributed by atoms with Gasteiger partial charge in [-0.25, -0.2) is 9.78 Å². The molecule has 0 unspecified atom stereocenters. The van der Waals surface area contributed by atoms with Gasteiger partial charge in [0.05, 0.1) is 5.56 Å². The summed E-state index contributed by atoms with van der Waals surface area (Å²) in [5.74, 6) is -0.243. The van der Waals surface area contributed by atoms with Crippen LogP contribution in [0.4, 0.5) is 5.82 Å². The largest absolute Gasteiger partial charge is 0.478 e. The number of carboxylic acids is 1. The summed E-state index contributed by atoms with van der Waals surface area (Å²) in [4.78, 5) is 14.6. The van der Waals surface area contributed by atoms with E-state index in [2.05, 4.69) is 22.5 Å². The molecule has 0 aliphatic carbocycles. The van der Waals surface area contributed by atoms with Gasteiger partial charge in [-0.15, -0.1) is 0 Å². The zero-order chi connectivity index (χ0) is 11.8. The van der Waals surface area contributed by atoms with Gasteiger partial charge < -0.3 is 15.7 Å². The summed E-state index contributed by atoms with van der Waals surface area (Å²) in [6.45, 7) is 4.84. The summed E-state index contributed by atoms with van der Waals surface area (Å²) in [7, 11) is 0. The van der Waals surface area contributed by atoms with E-state index in [-0.39, 0.29) is 5.56 Å². The van der Waals surface area contributed by atoms with Gasteiger partial charge in [0.15, 0.2) is 0 Å². The molecular formula is C11H17N3O2. The molecule has 5 nitrogen and oxygen atoms in total. The van der Waals surface area contributed by atoms with E-state index in [0.717, 1.165) is 26.1 Å². The molecule has 0 fully saturated rings. The first kappa shape index (κ1) is 12.4. The summed E-state index contributed by atoms with van der Waals surface area (Å²) < 4.78 is 0. The van der Waals surface area contributed by atoms with Gasteiger partial charge in [-0.05, 0) is 31.6 Å². The molecule has 1 aromatic rings. The Kier molecular flexibility index (Phi) is 5.28. The van der Waals surface area contributed by atoms with Crippen LogP contribution in [0.25, 0.3) is 0 Å². The molecule has 0 atom stereocenters. The molecule has 0 aliphatic heterocycles. The van der Waals surface area contributed by atoms with Crippen LogP contribution in [0.1, 0.15) is 23.7 Å². The molecule has 0 radical (unpaired) electrons. The van der Waals surface area contributed by atoms with Crippen LogP contribution in [0.5, 0.6) is 0 Å². The number of aromatic carboxylic acids is 1. The maximum absolute atomic E-state index is 10.6. The van der Waals surface area contributed by atoms with Crippen LogP contribution in [-0.2, 0) is 0 Å². The lowest BCUT2D eigenvalue weighted by atomic mass is 10.3. The Hall–Kier alpha value is -1.62. The number of aromatic nitrogens is 1. The zero-order valence-corrected chi connectivity index (χ0v) is 9.36. The lowest BCUT2D eigenvalue weighted by Crippen LogP contribution is -2.17. The Morgan fingerprint density at radius 1 is 1.44 bits per heavy atom. The SMILES string of the molecule is CCNCCCNc1ccc(C(=O)O)cn1. The summed E-state index contributed by atoms with van der Waals surface area (Å²) in [6.07, 6.45) is 2.37. The monoisotopic (exact) mass is 223 g/mol. The van der Waals surface area contributed by atoms with Gasteiger partial charge in [0.1, 0.15) is 5.82 Å². The highest BCUT2D eigenvalue weighted by Crippen LogP contribution is 2.04. The van der Waals surface area contributed by atoms with Gasteiger partial charge in [0, 0.05) is 12.7 Å². The highest BCUT2D eigenvalue weighted by molar-refractivity contribution is 5.87. The van der Waals surface area contributed by atoms with E-state index in [1.807, 2.05) is 0 Å². The van der Waals surface area contributed by atoms with E-state index in [4.69, 9.17) is 5.11 Å². The number of rotatable bonds is 7. The lowest BCUT2D eigenvalue weighted by Gasteiger charge is -2.05. The molecular weight excluding hydrogens is 206 g/mol. The van der Waals surface area contributed by atoms with E-state index in [1.54, 1.807) is 12.1 Å². The van der Waals surface area contributed by atoms with Crippen LogP contribution in [-0.4, -0.2) is 35.7 Å². The van der Waals surface area contributed by atoms with E-state index >= 15 is 0 Å². The molecule has 16 heavy (non-hydrogen) atoms. The number of carbonyl (C=O) groups is 1. The number of nitrogens with one attached hydrogen (secondary N) is 2. The van der Waals surface area contributed by atoms with Gasteiger partial charge in [-0.3, -0.25) is 0 Å². The highest BCUT2D eigenvalue weighted by atomic mass is 16.4. The van der Waals surface area contributed by atoms with Crippen LogP contribution in [0.3, 0.4) is 0 Å². The van der Waals surface area contributed by atoms with Crippen LogP contribution in [0.15, 0.2) is 18.3 Å². The average molecular weight is 223 g/mol. The fourth-order valence-electron chi connectivity index (χ4n) is 1.23. The Morgan fingerprint density at radius 3 is 2.81 bits per heavy atom. The summed E-state index contributed by atoms with van der Waals surface area (Å²) in [5, 5.41) is 15.0. The van der Waals surface area contributed by atoms with Crippen molar-refractivity contribution in [2.45, 2.75) is 13.3 Å². The molecule has 0 bridgehead atoms. The topological polar surface area (TPSA) is 74.2 Å². The molecule has 1 aromatic heterocycles. The third kappa shape index (κ3) is 4.27. The molecule has 1 rings (SSSR count). The van der Waals surface area contributed by atoms with Crippen molar-refractivity contribution in [1.29, 1.82) is 0 Å². The maximum Gasteiger partial charge on any atom is 0.337 e. The molecule has 3 N–H and O–H groups in total. The van der Waals surface area contributed by atoms with Crippen molar-refractivity contribution < 1.29 is 9.90 Å². The van der Waals surface area contributed by atoms with E-state index in [1.165, 1.54) is 6.20 Å². The first-order chi connectivity index (χ1) is 7.74. The minimum Gasteiger partial charge on any atom is -0.478 e. The number of carboxylic acid groups (broad SMARTS) is 1. The molecule has 0 aromatic carbocycles. The molecule has 0 saturated heterocycles. The van der Waals surface area contributed by atoms with Crippen molar-refractivity contribution in [3.8, 4) is 0 Å². The predicted octanol–water partition coefficient (Wildman–Crippen LogP) is 1.19. The molecule has 0 spiro atoms. The molecule has 1 heterocycles. The van der Waals surface area contributed by atoms with Gasteiger partial charge >= 0.3 is 5.97 Å². The Bertz CT molecular complexity index is 325. The van der Waals surface area contributed by atoms with Crippen LogP contribution in [0, 0.1) is 0 Å². The second-order valence-electron chi connectivity index (χ2n) is 3.37. The molecule has 88 valence electrons. The van der Waals surface area contributed by atoms with E-state index in [9.17, 15) is 4.79 Å². The molecule has 0 saturated carbocycles. The zero-order valence-electron chi connectivity index (χ0n) is 9.36. The van der Waals surface area contributed by atoms with Crippen molar-refractivity contribution in [3.05, 3.63) is 23.9 Å². The summed E-state index contributed by atoms with van der Waals surface area (Å²) >= 11 is 0. The van der Waals surface area contributed by atoms with Crippen LogP contribution >= 0.6 is 0 Å². The number of pyridine rings is 1. The second-order valence-corrected chi connectivity index (χ2v) is 3.37. The molecule has 0 aliphatic rings. The molecule has 5 heteroatoms. The first-order valence-corrected chi connectivity index (χ1v) is 5.38. The minimum atomic E-state index is -0.953. The minimum absolute atomic E-state index is 0.207. The van der Waals surface area contributed by atoms with Crippen molar-refractivity contribution in [3.63, 3.8) is 0 Å². The maximum atomic E-state index is 10.6. The standard InChI is InChI=1S/C11H17N3O2/c1-2-12-6-3-7-13-10-5-4-9(8-14-10)11(15)16/h4-5,8,12H,2-3,6-7H2,1H3,(H,13,14)(H,15,16). The van der Waals surface area contributed by atoms with Crippen molar-refractivity contribution in [1.82, 2.24) is 10.3 Å². The fraction of sp³-hybridized carbons (Fsp3) is 0.455. The van der Waals surface area contributed by atoms with Crippen molar-refractivity contribution in [2.75, 3.05) is 25.0 Å². The van der Waals surface area contributed by atoms with E-state index < -0.39 is 5.97 Å². The quantitative estimate of drug-likeness (QED) is 0.605. The lowest BCUT2D eigenvalue weighted by molar-refractivity contribution is 0.0696. The Morgan fingerprint density at radius 2 is 2.25 bits per heavy atom. The van der Waals surface area contributed by atoms with Crippen molar-refractivity contribution in [2.24, 2.45) is 0 Å². The van der Waals surface area contributed by atoms with Crippen molar-refractivity contribution >= 4 is 11.8 Å². The number of anilines is 1. The van der Waals surface area contributed by atoms with Gasteiger partial charge in [0.25, 0.3) is 0 Å². The normalized spacial score (nSPS) is 10.1. The van der Waals surface area contributed by atoms with Gasteiger partial charge in [0.2, 0.25) is 0 Å². The molecule has 0 amide bonds. The van der Waals surface area contributed by atoms with Gasteiger partial charge in [-0.2, -0.15) is 0 Å². The summed E-state index contributed by atoms with van der Waals surface area (Å²) in [5.41, 5.74) is 0.207. The smallest absolute Gasteiger partial charge is 0.337 e. The highest BCUT2D eigenvalue weighted by Gasteiger charge is 2.01. The predicted molar refractivity (Wildman–Crippen MR) is 62.8 cm³/mol. The van der Waals surface area contributed by atoms with Crippen LogP contribution in [0.2, 0.25) is 0 Å². The first-order valence-electron chi connectivity index (χ1n) is 5.38. The third-order valence-electron chi connectivity index (χ3n) is 2.10. The Labute approximate surface area is 94.9 Å². The van der Waals surface area contributed by atoms with E-state index in [0.29, 0.717) is 5.82 Å².